The molecule has 1 aliphatic carbocycles. The maximum Gasteiger partial charge on any atom is 0.0684 e. The molecule has 1 aliphatic rings. The first-order chi connectivity index (χ1) is 6.36. The molecule has 0 spiro atoms. The van der Waals surface area contributed by atoms with Crippen LogP contribution in [-0.4, -0.2) is 16.8 Å². The Bertz CT molecular complexity index is 307. The smallest absolute Gasteiger partial charge is 0.0684 e. The number of fused-ring (bicyclic) bond motifs is 1. The van der Waals surface area contributed by atoms with E-state index in [-0.39, 0.29) is 13.2 Å². The molecule has 0 aliphatic heterocycles. The number of benzene rings is 1. The van der Waals surface area contributed by atoms with Gasteiger partial charge in [0.2, 0.25) is 0 Å². The van der Waals surface area contributed by atoms with Crippen LogP contribution in [0.2, 0.25) is 0 Å². The minimum atomic E-state index is 0.112. The lowest BCUT2D eigenvalue weighted by Gasteiger charge is -2.08. The molecule has 13 heavy (non-hydrogen) atoms. The van der Waals surface area contributed by atoms with Gasteiger partial charge in [0.1, 0.15) is 0 Å². The third-order valence-electron chi connectivity index (χ3n) is 2.88. The normalized spacial score (nSPS) is 20.3. The van der Waals surface area contributed by atoms with E-state index in [4.69, 9.17) is 10.2 Å². The molecular formula is C11H14O2. The topological polar surface area (TPSA) is 40.5 Å². The third kappa shape index (κ3) is 1.36. The van der Waals surface area contributed by atoms with E-state index in [1.54, 1.807) is 0 Å². The fraction of sp³-hybridized carbons (Fsp3) is 0.455. The second kappa shape index (κ2) is 3.48. The Labute approximate surface area is 77.8 Å². The van der Waals surface area contributed by atoms with E-state index in [0.29, 0.717) is 5.92 Å². The standard InChI is InChI=1S/C11H14O2/c12-6-8-2-1-3-10-9(7-13)4-5-11(8)10/h1-3,9,12-13H,4-7H2/t9-/m1/s1. The Morgan fingerprint density at radius 3 is 2.85 bits per heavy atom. The van der Waals surface area contributed by atoms with Crippen LogP contribution in [0.1, 0.15) is 29.0 Å². The number of aliphatic hydroxyl groups is 2. The zero-order chi connectivity index (χ0) is 9.26. The van der Waals surface area contributed by atoms with Crippen molar-refractivity contribution < 1.29 is 10.2 Å². The molecular weight excluding hydrogens is 164 g/mol. The van der Waals surface area contributed by atoms with Gasteiger partial charge in [-0.1, -0.05) is 18.2 Å². The van der Waals surface area contributed by atoms with E-state index in [1.165, 1.54) is 11.1 Å². The van der Waals surface area contributed by atoms with Crippen LogP contribution in [0.15, 0.2) is 18.2 Å². The zero-order valence-corrected chi connectivity index (χ0v) is 7.53. The van der Waals surface area contributed by atoms with Crippen LogP contribution in [0.4, 0.5) is 0 Å². The second-order valence-corrected chi connectivity index (χ2v) is 3.56. The Hall–Kier alpha value is -0.860. The highest BCUT2D eigenvalue weighted by Gasteiger charge is 2.23. The van der Waals surface area contributed by atoms with E-state index < -0.39 is 0 Å². The predicted octanol–water partition coefficient (Wildman–Crippen LogP) is 1.20. The van der Waals surface area contributed by atoms with Gasteiger partial charge in [-0.2, -0.15) is 0 Å². The van der Waals surface area contributed by atoms with Gasteiger partial charge in [0.15, 0.2) is 0 Å². The molecule has 2 heteroatoms. The van der Waals surface area contributed by atoms with E-state index in [0.717, 1.165) is 18.4 Å². The van der Waals surface area contributed by atoms with Crippen LogP contribution in [0.3, 0.4) is 0 Å². The predicted molar refractivity (Wildman–Crippen MR) is 50.5 cm³/mol. The van der Waals surface area contributed by atoms with Crippen LogP contribution < -0.4 is 0 Å². The summed E-state index contributed by atoms with van der Waals surface area (Å²) in [5.41, 5.74) is 3.51. The van der Waals surface area contributed by atoms with Crippen molar-refractivity contribution in [1.29, 1.82) is 0 Å². The largest absolute Gasteiger partial charge is 0.396 e. The molecule has 0 amide bonds. The maximum absolute atomic E-state index is 9.11. The molecule has 2 nitrogen and oxygen atoms in total. The average Bonchev–Trinajstić information content (AvgIpc) is 2.60. The molecule has 2 rings (SSSR count). The zero-order valence-electron chi connectivity index (χ0n) is 7.53. The molecule has 0 saturated heterocycles. The van der Waals surface area contributed by atoms with Crippen molar-refractivity contribution in [3.05, 3.63) is 34.9 Å². The van der Waals surface area contributed by atoms with Gasteiger partial charge in [-0.25, -0.2) is 0 Å². The average molecular weight is 178 g/mol. The molecule has 1 atom stereocenters. The van der Waals surface area contributed by atoms with Gasteiger partial charge < -0.3 is 10.2 Å². The van der Waals surface area contributed by atoms with Crippen molar-refractivity contribution in [1.82, 2.24) is 0 Å². The lowest BCUT2D eigenvalue weighted by Crippen LogP contribution is -1.99. The molecule has 1 aromatic carbocycles. The molecule has 0 bridgehead atoms. The first-order valence-corrected chi connectivity index (χ1v) is 4.69. The SMILES string of the molecule is OCc1cccc2c1CC[C@@H]2CO. The van der Waals surface area contributed by atoms with Gasteiger partial charge in [0.05, 0.1) is 6.61 Å². The Balaban J connectivity index is 2.43. The van der Waals surface area contributed by atoms with Crippen molar-refractivity contribution in [2.45, 2.75) is 25.4 Å². The van der Waals surface area contributed by atoms with Gasteiger partial charge in [0.25, 0.3) is 0 Å². The summed E-state index contributed by atoms with van der Waals surface area (Å²) in [5.74, 6) is 0.293. The van der Waals surface area contributed by atoms with Crippen molar-refractivity contribution in [3.63, 3.8) is 0 Å². The summed E-state index contributed by atoms with van der Waals surface area (Å²) in [6, 6.07) is 5.97. The van der Waals surface area contributed by atoms with Gasteiger partial charge in [-0.3, -0.25) is 0 Å². The Morgan fingerprint density at radius 1 is 1.31 bits per heavy atom. The maximum atomic E-state index is 9.11. The third-order valence-corrected chi connectivity index (χ3v) is 2.88. The number of rotatable bonds is 2. The van der Waals surface area contributed by atoms with E-state index in [2.05, 4.69) is 6.07 Å². The highest BCUT2D eigenvalue weighted by atomic mass is 16.3. The van der Waals surface area contributed by atoms with Gasteiger partial charge >= 0.3 is 0 Å². The number of hydrogen-bond donors (Lipinski definition) is 2. The Kier molecular flexibility index (Phi) is 2.34. The van der Waals surface area contributed by atoms with Crippen LogP contribution in [0, 0.1) is 0 Å². The number of aliphatic hydroxyl groups excluding tert-OH is 2. The first kappa shape index (κ1) is 8.73. The fourth-order valence-electron chi connectivity index (χ4n) is 2.15. The summed E-state index contributed by atoms with van der Waals surface area (Å²) in [4.78, 5) is 0. The van der Waals surface area contributed by atoms with Crippen LogP contribution in [-0.2, 0) is 13.0 Å². The number of hydrogen-bond acceptors (Lipinski definition) is 2. The molecule has 0 aromatic heterocycles. The van der Waals surface area contributed by atoms with Crippen molar-refractivity contribution in [2.24, 2.45) is 0 Å². The van der Waals surface area contributed by atoms with Crippen molar-refractivity contribution in [3.8, 4) is 0 Å². The first-order valence-electron chi connectivity index (χ1n) is 4.69. The summed E-state index contributed by atoms with van der Waals surface area (Å²) in [5, 5.41) is 18.2. The summed E-state index contributed by atoms with van der Waals surface area (Å²) in [6.07, 6.45) is 2.01. The highest BCUT2D eigenvalue weighted by Crippen LogP contribution is 2.34. The Morgan fingerprint density at radius 2 is 2.15 bits per heavy atom. The molecule has 2 N–H and O–H groups in total. The van der Waals surface area contributed by atoms with Gasteiger partial charge in [0, 0.05) is 12.5 Å². The van der Waals surface area contributed by atoms with Crippen LogP contribution >= 0.6 is 0 Å². The van der Waals surface area contributed by atoms with Crippen LogP contribution in [0.25, 0.3) is 0 Å². The minimum Gasteiger partial charge on any atom is -0.396 e. The van der Waals surface area contributed by atoms with Crippen LogP contribution in [0.5, 0.6) is 0 Å². The summed E-state index contributed by atoms with van der Waals surface area (Å²) in [7, 11) is 0. The van der Waals surface area contributed by atoms with Gasteiger partial charge in [-0.05, 0) is 29.5 Å². The molecule has 0 saturated carbocycles. The molecule has 1 aromatic rings. The lowest BCUT2D eigenvalue weighted by molar-refractivity contribution is 0.265. The molecule has 0 unspecified atom stereocenters. The molecule has 0 fully saturated rings. The molecule has 70 valence electrons. The summed E-state index contributed by atoms with van der Waals surface area (Å²) < 4.78 is 0. The lowest BCUT2D eigenvalue weighted by atomic mass is 9.99. The van der Waals surface area contributed by atoms with Crippen molar-refractivity contribution in [2.75, 3.05) is 6.61 Å². The van der Waals surface area contributed by atoms with Crippen molar-refractivity contribution >= 4 is 0 Å². The minimum absolute atomic E-state index is 0.112. The second-order valence-electron chi connectivity index (χ2n) is 3.56. The quantitative estimate of drug-likeness (QED) is 0.714. The molecule has 0 radical (unpaired) electrons. The summed E-state index contributed by atoms with van der Waals surface area (Å²) >= 11 is 0. The molecule has 0 heterocycles. The van der Waals surface area contributed by atoms with Gasteiger partial charge in [-0.15, -0.1) is 0 Å². The highest BCUT2D eigenvalue weighted by molar-refractivity contribution is 5.40. The fourth-order valence-corrected chi connectivity index (χ4v) is 2.15. The van der Waals surface area contributed by atoms with E-state index in [9.17, 15) is 0 Å². The summed E-state index contributed by atoms with van der Waals surface area (Å²) in [6.45, 7) is 0.337. The monoisotopic (exact) mass is 178 g/mol. The van der Waals surface area contributed by atoms with E-state index in [1.807, 2.05) is 12.1 Å². The van der Waals surface area contributed by atoms with E-state index >= 15 is 0 Å².